The fraction of sp³-hybridized carbons (Fsp3) is 0.647. The summed E-state index contributed by atoms with van der Waals surface area (Å²) in [6.45, 7) is 11.5. The Kier molecular flexibility index (Phi) is 5.24. The van der Waals surface area contributed by atoms with Crippen LogP contribution in [0.25, 0.3) is 0 Å². The Labute approximate surface area is 107 Å². The third kappa shape index (κ3) is 5.91. The second-order valence-corrected chi connectivity index (χ2v) is 6.61. The number of benzene rings is 1. The van der Waals surface area contributed by atoms with Crippen molar-refractivity contribution in [1.82, 2.24) is 0 Å². The Morgan fingerprint density at radius 3 is 2.41 bits per heavy atom. The van der Waals surface area contributed by atoms with Crippen molar-refractivity contribution in [3.8, 4) is 0 Å². The Morgan fingerprint density at radius 2 is 1.88 bits per heavy atom. The third-order valence-corrected chi connectivity index (χ3v) is 3.20. The Balaban J connectivity index is 2.66. The minimum Gasteiger partial charge on any atom is -0.0654 e. The molecule has 0 amide bonds. The van der Waals surface area contributed by atoms with Crippen LogP contribution in [0.15, 0.2) is 24.3 Å². The fourth-order valence-corrected chi connectivity index (χ4v) is 2.72. The molecule has 0 radical (unpaired) electrons. The van der Waals surface area contributed by atoms with Gasteiger partial charge in [-0.15, -0.1) is 0 Å². The van der Waals surface area contributed by atoms with Gasteiger partial charge in [-0.3, -0.25) is 0 Å². The summed E-state index contributed by atoms with van der Waals surface area (Å²) < 4.78 is 0. The molecule has 0 aliphatic carbocycles. The summed E-state index contributed by atoms with van der Waals surface area (Å²) >= 11 is 0. The first-order valence-corrected chi connectivity index (χ1v) is 6.96. The Hall–Kier alpha value is -0.780. The molecule has 0 spiro atoms. The van der Waals surface area contributed by atoms with Gasteiger partial charge in [0.2, 0.25) is 0 Å². The van der Waals surface area contributed by atoms with Crippen molar-refractivity contribution < 1.29 is 0 Å². The van der Waals surface area contributed by atoms with E-state index in [1.54, 1.807) is 0 Å². The van der Waals surface area contributed by atoms with Crippen LogP contribution in [0.1, 0.15) is 58.1 Å². The van der Waals surface area contributed by atoms with Crippen molar-refractivity contribution in [3.63, 3.8) is 0 Å². The first-order valence-electron chi connectivity index (χ1n) is 6.96. The minimum atomic E-state index is 0.448. The number of hydrogen-bond acceptors (Lipinski definition) is 0. The minimum absolute atomic E-state index is 0.448. The van der Waals surface area contributed by atoms with E-state index in [2.05, 4.69) is 58.9 Å². The van der Waals surface area contributed by atoms with Crippen LogP contribution in [0.4, 0.5) is 0 Å². The normalized spacial score (nSPS) is 13.7. The van der Waals surface area contributed by atoms with Gasteiger partial charge in [-0.25, -0.2) is 0 Å². The molecule has 0 N–H and O–H groups in total. The average Bonchev–Trinajstić information content (AvgIpc) is 2.15. The molecule has 0 heterocycles. The summed E-state index contributed by atoms with van der Waals surface area (Å²) in [6.07, 6.45) is 5.22. The maximum absolute atomic E-state index is 2.35. The molecule has 96 valence electrons. The van der Waals surface area contributed by atoms with Crippen LogP contribution in [0.3, 0.4) is 0 Å². The third-order valence-electron chi connectivity index (χ3n) is 3.20. The molecule has 0 saturated heterocycles. The van der Waals surface area contributed by atoms with Crippen molar-refractivity contribution in [2.45, 2.75) is 60.3 Å². The van der Waals surface area contributed by atoms with E-state index in [1.165, 1.54) is 36.8 Å². The molecule has 0 nitrogen and oxygen atoms in total. The quantitative estimate of drug-likeness (QED) is 0.638. The smallest absolute Gasteiger partial charge is 0.0250 e. The number of aryl methyl sites for hydroxylation is 1. The first kappa shape index (κ1) is 14.3. The lowest BCUT2D eigenvalue weighted by Crippen LogP contribution is -2.15. The van der Waals surface area contributed by atoms with Crippen LogP contribution in [-0.4, -0.2) is 0 Å². The highest BCUT2D eigenvalue weighted by Gasteiger charge is 2.18. The topological polar surface area (TPSA) is 0 Å². The second-order valence-electron chi connectivity index (χ2n) is 6.61. The van der Waals surface area contributed by atoms with E-state index in [9.17, 15) is 0 Å². The van der Waals surface area contributed by atoms with Gasteiger partial charge in [-0.2, -0.15) is 0 Å². The maximum Gasteiger partial charge on any atom is -0.0250 e. The zero-order chi connectivity index (χ0) is 12.9. The van der Waals surface area contributed by atoms with Crippen LogP contribution < -0.4 is 0 Å². The predicted octanol–water partition coefficient (Wildman–Crippen LogP) is 5.39. The zero-order valence-electron chi connectivity index (χ0n) is 12.2. The van der Waals surface area contributed by atoms with Crippen molar-refractivity contribution >= 4 is 0 Å². The lowest BCUT2D eigenvalue weighted by atomic mass is 9.80. The van der Waals surface area contributed by atoms with Gasteiger partial charge in [0.15, 0.2) is 0 Å². The highest BCUT2D eigenvalue weighted by Crippen LogP contribution is 2.29. The highest BCUT2D eigenvalue weighted by molar-refractivity contribution is 5.22. The van der Waals surface area contributed by atoms with Gasteiger partial charge in [0.25, 0.3) is 0 Å². The molecule has 0 bridgehead atoms. The molecule has 0 aromatic heterocycles. The summed E-state index contributed by atoms with van der Waals surface area (Å²) in [6, 6.07) is 8.98. The highest BCUT2D eigenvalue weighted by atomic mass is 14.2. The molecule has 1 aromatic carbocycles. The maximum atomic E-state index is 2.35. The lowest BCUT2D eigenvalue weighted by Gasteiger charge is -2.26. The molecule has 1 unspecified atom stereocenters. The molecule has 1 rings (SSSR count). The van der Waals surface area contributed by atoms with Gasteiger partial charge < -0.3 is 0 Å². The molecule has 1 atom stereocenters. The summed E-state index contributed by atoms with van der Waals surface area (Å²) in [7, 11) is 0. The fourth-order valence-electron chi connectivity index (χ4n) is 2.72. The van der Waals surface area contributed by atoms with Crippen LogP contribution in [0, 0.1) is 18.3 Å². The standard InChI is InChI=1S/C17H28/c1-6-8-16(13-17(3,4)5)12-15-10-7-9-14(2)11-15/h7,9-11,16H,6,8,12-13H2,1-5H3. The van der Waals surface area contributed by atoms with Crippen molar-refractivity contribution in [3.05, 3.63) is 35.4 Å². The number of hydrogen-bond donors (Lipinski definition) is 0. The Bertz CT molecular complexity index is 330. The summed E-state index contributed by atoms with van der Waals surface area (Å²) in [5.74, 6) is 0.835. The SMILES string of the molecule is CCCC(Cc1cccc(C)c1)CC(C)(C)C. The van der Waals surface area contributed by atoms with E-state index in [-0.39, 0.29) is 0 Å². The van der Waals surface area contributed by atoms with E-state index in [0.29, 0.717) is 5.41 Å². The molecule has 0 saturated carbocycles. The van der Waals surface area contributed by atoms with Gasteiger partial charge in [0, 0.05) is 0 Å². The van der Waals surface area contributed by atoms with Crippen molar-refractivity contribution in [2.75, 3.05) is 0 Å². The van der Waals surface area contributed by atoms with E-state index in [0.717, 1.165) is 5.92 Å². The van der Waals surface area contributed by atoms with E-state index in [4.69, 9.17) is 0 Å². The van der Waals surface area contributed by atoms with Gasteiger partial charge in [0.05, 0.1) is 0 Å². The molecule has 1 aromatic rings. The summed E-state index contributed by atoms with van der Waals surface area (Å²) in [5, 5.41) is 0. The molecule has 0 fully saturated rings. The lowest BCUT2D eigenvalue weighted by molar-refractivity contribution is 0.279. The van der Waals surface area contributed by atoms with Crippen LogP contribution in [-0.2, 0) is 6.42 Å². The molecular weight excluding hydrogens is 204 g/mol. The molecular formula is C17H28. The van der Waals surface area contributed by atoms with Gasteiger partial charge in [0.1, 0.15) is 0 Å². The van der Waals surface area contributed by atoms with Crippen LogP contribution in [0.2, 0.25) is 0 Å². The average molecular weight is 232 g/mol. The van der Waals surface area contributed by atoms with Crippen molar-refractivity contribution in [2.24, 2.45) is 11.3 Å². The van der Waals surface area contributed by atoms with E-state index in [1.807, 2.05) is 0 Å². The molecule has 0 aliphatic rings. The second kappa shape index (κ2) is 6.23. The van der Waals surface area contributed by atoms with E-state index >= 15 is 0 Å². The van der Waals surface area contributed by atoms with E-state index < -0.39 is 0 Å². The van der Waals surface area contributed by atoms with Crippen LogP contribution >= 0.6 is 0 Å². The predicted molar refractivity (Wildman–Crippen MR) is 77.4 cm³/mol. The van der Waals surface area contributed by atoms with Crippen LogP contribution in [0.5, 0.6) is 0 Å². The molecule has 17 heavy (non-hydrogen) atoms. The number of rotatable bonds is 5. The zero-order valence-corrected chi connectivity index (χ0v) is 12.2. The summed E-state index contributed by atoms with van der Waals surface area (Å²) in [5.41, 5.74) is 3.34. The van der Waals surface area contributed by atoms with Crippen molar-refractivity contribution in [1.29, 1.82) is 0 Å². The van der Waals surface area contributed by atoms with Gasteiger partial charge >= 0.3 is 0 Å². The van der Waals surface area contributed by atoms with Gasteiger partial charge in [-0.05, 0) is 36.7 Å². The summed E-state index contributed by atoms with van der Waals surface area (Å²) in [4.78, 5) is 0. The monoisotopic (exact) mass is 232 g/mol. The van der Waals surface area contributed by atoms with Gasteiger partial charge in [-0.1, -0.05) is 70.4 Å². The Morgan fingerprint density at radius 1 is 1.18 bits per heavy atom. The largest absolute Gasteiger partial charge is 0.0654 e. The molecule has 0 heteroatoms. The molecule has 0 aliphatic heterocycles. The first-order chi connectivity index (χ1) is 7.90.